The van der Waals surface area contributed by atoms with Crippen molar-refractivity contribution >= 4 is 17.5 Å². The largest absolute Gasteiger partial charge is 0.489 e. The van der Waals surface area contributed by atoms with Gasteiger partial charge >= 0.3 is 0 Å². The summed E-state index contributed by atoms with van der Waals surface area (Å²) in [6.45, 7) is 0.662. The Morgan fingerprint density at radius 1 is 1.47 bits per heavy atom. The number of alkyl halides is 1. The first kappa shape index (κ1) is 13.8. The van der Waals surface area contributed by atoms with Crippen LogP contribution in [-0.2, 0) is 4.79 Å². The minimum absolute atomic E-state index is 0.0443. The van der Waals surface area contributed by atoms with Gasteiger partial charge in [0, 0.05) is 19.3 Å². The molecule has 0 unspecified atom stereocenters. The van der Waals surface area contributed by atoms with Crippen molar-refractivity contribution in [2.24, 2.45) is 0 Å². The number of halogens is 2. The third-order valence-corrected chi connectivity index (χ3v) is 2.44. The Morgan fingerprint density at radius 3 is 2.82 bits per heavy atom. The first-order valence-electron chi connectivity index (χ1n) is 5.32. The number of carbonyl (C=O) groups is 1. The van der Waals surface area contributed by atoms with Crippen LogP contribution in [0.25, 0.3) is 0 Å². The van der Waals surface area contributed by atoms with Gasteiger partial charge in [0.05, 0.1) is 6.54 Å². The molecule has 5 heteroatoms. The standard InChI is InChI=1S/C12H15ClFNO2/c1-15(12(16)6-7-13)8-9-17-11-5-3-2-4-10(11)14/h2-5H,6-9H2,1H3. The van der Waals surface area contributed by atoms with E-state index in [0.717, 1.165) is 0 Å². The van der Waals surface area contributed by atoms with Crippen LogP contribution < -0.4 is 4.74 Å². The Morgan fingerprint density at radius 2 is 2.18 bits per heavy atom. The van der Waals surface area contributed by atoms with Crippen molar-refractivity contribution in [3.63, 3.8) is 0 Å². The average molecular weight is 260 g/mol. The molecule has 17 heavy (non-hydrogen) atoms. The number of hydrogen-bond acceptors (Lipinski definition) is 2. The molecule has 0 fully saturated rings. The number of ether oxygens (including phenoxy) is 1. The van der Waals surface area contributed by atoms with Gasteiger partial charge in [-0.15, -0.1) is 11.6 Å². The first-order chi connectivity index (χ1) is 8.15. The normalized spacial score (nSPS) is 10.1. The quantitative estimate of drug-likeness (QED) is 0.734. The van der Waals surface area contributed by atoms with Gasteiger partial charge in [-0.3, -0.25) is 4.79 Å². The van der Waals surface area contributed by atoms with Crippen LogP contribution in [0.4, 0.5) is 4.39 Å². The Bertz CT molecular complexity index is 373. The summed E-state index contributed by atoms with van der Waals surface area (Å²) >= 11 is 5.46. The Kier molecular flexibility index (Phi) is 5.77. The summed E-state index contributed by atoms with van der Waals surface area (Å²) < 4.78 is 18.4. The predicted molar refractivity (Wildman–Crippen MR) is 64.9 cm³/mol. The summed E-state index contributed by atoms with van der Waals surface area (Å²) in [5.41, 5.74) is 0. The van der Waals surface area contributed by atoms with Gasteiger partial charge in [0.25, 0.3) is 0 Å². The molecule has 1 aromatic rings. The monoisotopic (exact) mass is 259 g/mol. The molecule has 0 saturated carbocycles. The van der Waals surface area contributed by atoms with E-state index in [-0.39, 0.29) is 18.3 Å². The van der Waals surface area contributed by atoms with Gasteiger partial charge in [0.15, 0.2) is 11.6 Å². The maximum Gasteiger partial charge on any atom is 0.223 e. The number of benzene rings is 1. The molecular formula is C12H15ClFNO2. The molecule has 0 radical (unpaired) electrons. The lowest BCUT2D eigenvalue weighted by Crippen LogP contribution is -2.31. The van der Waals surface area contributed by atoms with Crippen LogP contribution >= 0.6 is 11.6 Å². The van der Waals surface area contributed by atoms with Crippen LogP contribution in [-0.4, -0.2) is 36.9 Å². The Hall–Kier alpha value is -1.29. The van der Waals surface area contributed by atoms with E-state index < -0.39 is 5.82 Å². The predicted octanol–water partition coefficient (Wildman–Crippen LogP) is 2.29. The second-order valence-corrected chi connectivity index (χ2v) is 3.91. The molecular weight excluding hydrogens is 245 g/mol. The maximum absolute atomic E-state index is 13.2. The van der Waals surface area contributed by atoms with Gasteiger partial charge in [-0.25, -0.2) is 4.39 Å². The van der Waals surface area contributed by atoms with Gasteiger partial charge in [-0.05, 0) is 12.1 Å². The van der Waals surface area contributed by atoms with Crippen molar-refractivity contribution in [1.82, 2.24) is 4.90 Å². The third-order valence-electron chi connectivity index (χ3n) is 2.26. The van der Waals surface area contributed by atoms with Crippen LogP contribution in [0.5, 0.6) is 5.75 Å². The van der Waals surface area contributed by atoms with Crippen LogP contribution in [0.3, 0.4) is 0 Å². The summed E-state index contributed by atoms with van der Waals surface area (Å²) in [5.74, 6) is 0.0576. The van der Waals surface area contributed by atoms with Gasteiger partial charge in [0.2, 0.25) is 5.91 Å². The molecule has 0 N–H and O–H groups in total. The lowest BCUT2D eigenvalue weighted by atomic mass is 10.3. The number of nitrogens with zero attached hydrogens (tertiary/aromatic N) is 1. The second-order valence-electron chi connectivity index (χ2n) is 3.53. The Labute approximate surface area is 105 Å². The summed E-state index contributed by atoms with van der Waals surface area (Å²) in [6.07, 6.45) is 0.303. The van der Waals surface area contributed by atoms with Crippen molar-refractivity contribution in [2.45, 2.75) is 6.42 Å². The molecule has 3 nitrogen and oxygen atoms in total. The van der Waals surface area contributed by atoms with E-state index >= 15 is 0 Å². The van der Waals surface area contributed by atoms with Gasteiger partial charge in [0.1, 0.15) is 6.61 Å². The van der Waals surface area contributed by atoms with E-state index in [0.29, 0.717) is 18.8 Å². The fourth-order valence-corrected chi connectivity index (χ4v) is 1.41. The van der Waals surface area contributed by atoms with Crippen molar-refractivity contribution in [3.05, 3.63) is 30.1 Å². The van der Waals surface area contributed by atoms with Gasteiger partial charge < -0.3 is 9.64 Å². The topological polar surface area (TPSA) is 29.5 Å². The highest BCUT2D eigenvalue weighted by Gasteiger charge is 2.08. The first-order valence-corrected chi connectivity index (χ1v) is 5.86. The zero-order valence-electron chi connectivity index (χ0n) is 9.66. The van der Waals surface area contributed by atoms with E-state index in [9.17, 15) is 9.18 Å². The molecule has 0 atom stereocenters. The number of para-hydroxylation sites is 1. The molecule has 0 spiro atoms. The zero-order chi connectivity index (χ0) is 12.7. The number of likely N-dealkylation sites (N-methyl/N-ethyl adjacent to an activating group) is 1. The highest BCUT2D eigenvalue weighted by atomic mass is 35.5. The molecule has 94 valence electrons. The average Bonchev–Trinajstić information content (AvgIpc) is 2.31. The molecule has 0 heterocycles. The lowest BCUT2D eigenvalue weighted by molar-refractivity contribution is -0.129. The van der Waals surface area contributed by atoms with Crippen LogP contribution in [0, 0.1) is 5.82 Å². The summed E-state index contributed by atoms with van der Waals surface area (Å²) in [4.78, 5) is 12.9. The van der Waals surface area contributed by atoms with E-state index in [1.165, 1.54) is 11.0 Å². The molecule has 0 saturated heterocycles. The summed E-state index contributed by atoms with van der Waals surface area (Å²) in [7, 11) is 1.67. The third kappa shape index (κ3) is 4.61. The van der Waals surface area contributed by atoms with Crippen molar-refractivity contribution < 1.29 is 13.9 Å². The molecule has 1 amide bonds. The molecule has 1 aromatic carbocycles. The van der Waals surface area contributed by atoms with Crippen molar-refractivity contribution in [3.8, 4) is 5.75 Å². The minimum atomic E-state index is -0.401. The number of rotatable bonds is 6. The highest BCUT2D eigenvalue weighted by molar-refractivity contribution is 6.18. The van der Waals surface area contributed by atoms with Gasteiger partial charge in [-0.2, -0.15) is 0 Å². The summed E-state index contributed by atoms with van der Waals surface area (Å²) in [5, 5.41) is 0. The van der Waals surface area contributed by atoms with Crippen molar-refractivity contribution in [1.29, 1.82) is 0 Å². The van der Waals surface area contributed by atoms with Gasteiger partial charge in [-0.1, -0.05) is 12.1 Å². The molecule has 0 aliphatic rings. The molecule has 0 aromatic heterocycles. The van der Waals surface area contributed by atoms with Crippen LogP contribution in [0.15, 0.2) is 24.3 Å². The van der Waals surface area contributed by atoms with Crippen LogP contribution in [0.1, 0.15) is 6.42 Å². The van der Waals surface area contributed by atoms with E-state index in [2.05, 4.69) is 0 Å². The second kappa shape index (κ2) is 7.12. The number of carbonyl (C=O) groups excluding carboxylic acids is 1. The summed E-state index contributed by atoms with van der Waals surface area (Å²) in [6, 6.07) is 6.17. The minimum Gasteiger partial charge on any atom is -0.489 e. The number of hydrogen-bond donors (Lipinski definition) is 0. The number of amides is 1. The molecule has 0 aliphatic heterocycles. The SMILES string of the molecule is CN(CCOc1ccccc1F)C(=O)CCCl. The smallest absolute Gasteiger partial charge is 0.223 e. The zero-order valence-corrected chi connectivity index (χ0v) is 10.4. The highest BCUT2D eigenvalue weighted by Crippen LogP contribution is 2.14. The van der Waals surface area contributed by atoms with E-state index in [1.807, 2.05) is 0 Å². The van der Waals surface area contributed by atoms with E-state index in [1.54, 1.807) is 25.2 Å². The Balaban J connectivity index is 2.33. The fraction of sp³-hybridized carbons (Fsp3) is 0.417. The van der Waals surface area contributed by atoms with E-state index in [4.69, 9.17) is 16.3 Å². The molecule has 0 bridgehead atoms. The lowest BCUT2D eigenvalue weighted by Gasteiger charge is -2.17. The maximum atomic E-state index is 13.2. The molecule has 0 aliphatic carbocycles. The van der Waals surface area contributed by atoms with Crippen LogP contribution in [0.2, 0.25) is 0 Å². The van der Waals surface area contributed by atoms with Crippen molar-refractivity contribution in [2.75, 3.05) is 26.1 Å². The molecule has 1 rings (SSSR count). The fourth-order valence-electron chi connectivity index (χ4n) is 1.25.